The normalized spacial score (nSPS) is 17.3. The summed E-state index contributed by atoms with van der Waals surface area (Å²) in [5.74, 6) is 2.99. The molecular weight excluding hydrogens is 436 g/mol. The average Bonchev–Trinajstić information content (AvgIpc) is 3.58. The van der Waals surface area contributed by atoms with E-state index in [1.807, 2.05) is 29.8 Å². The molecule has 4 heterocycles. The molecule has 182 valence electrons. The zero-order valence-electron chi connectivity index (χ0n) is 20.0. The molecule has 1 amide bonds. The van der Waals surface area contributed by atoms with Crippen LogP contribution in [0.1, 0.15) is 70.1 Å². The third-order valence-corrected chi connectivity index (χ3v) is 6.83. The molecule has 2 fully saturated rings. The van der Waals surface area contributed by atoms with Crippen LogP contribution in [0.4, 0.5) is 11.8 Å². The minimum Gasteiger partial charge on any atom is -0.493 e. The molecule has 0 radical (unpaired) electrons. The van der Waals surface area contributed by atoms with Crippen LogP contribution < -0.4 is 10.2 Å². The van der Waals surface area contributed by atoms with Crippen molar-refractivity contribution in [3.05, 3.63) is 17.9 Å². The number of anilines is 2. The minimum atomic E-state index is 0.0644. The summed E-state index contributed by atoms with van der Waals surface area (Å²) >= 11 is 0. The average molecular weight is 469 g/mol. The van der Waals surface area contributed by atoms with Crippen LogP contribution in [0.3, 0.4) is 0 Å². The van der Waals surface area contributed by atoms with Crippen molar-refractivity contribution in [2.75, 3.05) is 36.4 Å². The van der Waals surface area contributed by atoms with E-state index in [1.165, 1.54) is 12.8 Å². The summed E-state index contributed by atoms with van der Waals surface area (Å²) in [6.07, 6.45) is 6.52. The van der Waals surface area contributed by atoms with E-state index < -0.39 is 0 Å². The zero-order valence-corrected chi connectivity index (χ0v) is 20.0. The standard InChI is InChI=1S/C23H32N8O3/c1-14(2)31-13-17-19(22(31)33)26-23(30-10-8-29(9-11-30)15(3)32)27-21(17)24-12-18-25-20(28-34-18)16-6-4-5-7-16/h13-14,16,33H,4-12H2,1-3H3,(H,24,26,27). The second-order valence-corrected chi connectivity index (χ2v) is 9.46. The smallest absolute Gasteiger partial charge is 0.245 e. The molecule has 2 N–H and O–H groups in total. The summed E-state index contributed by atoms with van der Waals surface area (Å²) in [4.78, 5) is 29.6. The number of amides is 1. The third-order valence-electron chi connectivity index (χ3n) is 6.83. The van der Waals surface area contributed by atoms with Gasteiger partial charge in [0.2, 0.25) is 23.6 Å². The Morgan fingerprint density at radius 2 is 1.91 bits per heavy atom. The van der Waals surface area contributed by atoms with Crippen molar-refractivity contribution in [1.82, 2.24) is 29.6 Å². The van der Waals surface area contributed by atoms with Crippen LogP contribution >= 0.6 is 0 Å². The van der Waals surface area contributed by atoms with Gasteiger partial charge in [-0.05, 0) is 26.7 Å². The van der Waals surface area contributed by atoms with Gasteiger partial charge in [-0.15, -0.1) is 0 Å². The highest BCUT2D eigenvalue weighted by Crippen LogP contribution is 2.35. The van der Waals surface area contributed by atoms with E-state index in [0.29, 0.717) is 61.8 Å². The van der Waals surface area contributed by atoms with Gasteiger partial charge in [0.1, 0.15) is 11.3 Å². The van der Waals surface area contributed by atoms with Gasteiger partial charge in [-0.1, -0.05) is 18.0 Å². The largest absolute Gasteiger partial charge is 0.493 e. The molecule has 11 heteroatoms. The first-order valence-electron chi connectivity index (χ1n) is 12.1. The number of nitrogens with zero attached hydrogens (tertiary/aromatic N) is 7. The van der Waals surface area contributed by atoms with E-state index in [1.54, 1.807) is 11.5 Å². The first kappa shape index (κ1) is 22.4. The van der Waals surface area contributed by atoms with Gasteiger partial charge >= 0.3 is 0 Å². The Balaban J connectivity index is 1.42. The lowest BCUT2D eigenvalue weighted by atomic mass is 10.1. The fraction of sp³-hybridized carbons (Fsp3) is 0.609. The maximum atomic E-state index is 11.7. The number of hydrogen-bond acceptors (Lipinski definition) is 9. The summed E-state index contributed by atoms with van der Waals surface area (Å²) in [6, 6.07) is 0.0644. The van der Waals surface area contributed by atoms with Crippen LogP contribution in [-0.2, 0) is 11.3 Å². The maximum absolute atomic E-state index is 11.7. The summed E-state index contributed by atoms with van der Waals surface area (Å²) in [5, 5.41) is 19.1. The predicted octanol–water partition coefficient (Wildman–Crippen LogP) is 3.04. The van der Waals surface area contributed by atoms with E-state index in [9.17, 15) is 9.90 Å². The Labute approximate surface area is 198 Å². The van der Waals surface area contributed by atoms with Crippen LogP contribution in [0.5, 0.6) is 5.88 Å². The molecule has 34 heavy (non-hydrogen) atoms. The van der Waals surface area contributed by atoms with Crippen molar-refractivity contribution in [3.8, 4) is 5.88 Å². The van der Waals surface area contributed by atoms with Crippen LogP contribution in [-0.4, -0.2) is 66.8 Å². The van der Waals surface area contributed by atoms with E-state index in [4.69, 9.17) is 14.5 Å². The lowest BCUT2D eigenvalue weighted by Crippen LogP contribution is -2.48. The maximum Gasteiger partial charge on any atom is 0.245 e. The molecule has 1 saturated heterocycles. The van der Waals surface area contributed by atoms with Gasteiger partial charge in [-0.2, -0.15) is 9.97 Å². The van der Waals surface area contributed by atoms with Crippen molar-refractivity contribution in [2.45, 2.75) is 65.0 Å². The van der Waals surface area contributed by atoms with Crippen LogP contribution in [0.25, 0.3) is 10.9 Å². The van der Waals surface area contributed by atoms with Crippen molar-refractivity contribution >= 4 is 28.6 Å². The topological polar surface area (TPSA) is 125 Å². The van der Waals surface area contributed by atoms with Crippen LogP contribution in [0.2, 0.25) is 0 Å². The Bertz CT molecular complexity index is 1170. The Kier molecular flexibility index (Phi) is 6.01. The number of nitrogens with one attached hydrogen (secondary N) is 1. The minimum absolute atomic E-state index is 0.0644. The number of piperazine rings is 1. The Morgan fingerprint density at radius 3 is 2.59 bits per heavy atom. The second kappa shape index (κ2) is 9.11. The number of aromatic hydroxyl groups is 1. The molecule has 5 rings (SSSR count). The lowest BCUT2D eigenvalue weighted by Gasteiger charge is -2.34. The SMILES string of the molecule is CC(=O)N1CCN(c2nc(NCc3nc(C4CCCC4)no3)c3cn(C(C)C)c(O)c3n2)CC1. The molecule has 0 atom stereocenters. The number of carbonyl (C=O) groups is 1. The fourth-order valence-electron chi connectivity index (χ4n) is 4.81. The first-order valence-corrected chi connectivity index (χ1v) is 12.1. The molecule has 0 aromatic carbocycles. The quantitative estimate of drug-likeness (QED) is 0.561. The molecule has 2 aliphatic rings. The number of fused-ring (bicyclic) bond motifs is 1. The van der Waals surface area contributed by atoms with E-state index in [0.717, 1.165) is 24.1 Å². The zero-order chi connectivity index (χ0) is 23.8. The number of hydrogen-bond donors (Lipinski definition) is 2. The molecule has 0 unspecified atom stereocenters. The molecule has 3 aromatic heterocycles. The second-order valence-electron chi connectivity index (χ2n) is 9.46. The molecule has 0 spiro atoms. The van der Waals surface area contributed by atoms with Gasteiger partial charge in [-0.3, -0.25) is 4.79 Å². The summed E-state index contributed by atoms with van der Waals surface area (Å²) in [6.45, 7) is 8.41. The first-order chi connectivity index (χ1) is 16.4. The Hall–Kier alpha value is -3.37. The van der Waals surface area contributed by atoms with E-state index in [2.05, 4.69) is 15.5 Å². The van der Waals surface area contributed by atoms with Crippen molar-refractivity contribution in [2.24, 2.45) is 0 Å². The van der Waals surface area contributed by atoms with Crippen molar-refractivity contribution in [1.29, 1.82) is 0 Å². The highest BCUT2D eigenvalue weighted by Gasteiger charge is 2.25. The molecule has 1 aliphatic heterocycles. The number of rotatable bonds is 6. The van der Waals surface area contributed by atoms with Gasteiger partial charge in [0.25, 0.3) is 0 Å². The fourth-order valence-corrected chi connectivity index (χ4v) is 4.81. The van der Waals surface area contributed by atoms with Gasteiger partial charge in [0.05, 0.1) is 11.9 Å². The highest BCUT2D eigenvalue weighted by atomic mass is 16.5. The van der Waals surface area contributed by atoms with E-state index >= 15 is 0 Å². The van der Waals surface area contributed by atoms with E-state index in [-0.39, 0.29) is 17.8 Å². The summed E-state index contributed by atoms with van der Waals surface area (Å²) in [5.41, 5.74) is 0.493. The van der Waals surface area contributed by atoms with Gasteiger partial charge in [-0.25, -0.2) is 4.98 Å². The number of aromatic nitrogens is 5. The van der Waals surface area contributed by atoms with Gasteiger partial charge < -0.3 is 29.3 Å². The van der Waals surface area contributed by atoms with Gasteiger partial charge in [0.15, 0.2) is 5.82 Å². The molecule has 3 aromatic rings. The highest BCUT2D eigenvalue weighted by molar-refractivity contribution is 5.94. The summed E-state index contributed by atoms with van der Waals surface area (Å²) < 4.78 is 7.27. The van der Waals surface area contributed by atoms with Gasteiger partial charge in [0, 0.05) is 51.3 Å². The monoisotopic (exact) mass is 468 g/mol. The predicted molar refractivity (Wildman–Crippen MR) is 127 cm³/mol. The molecular formula is C23H32N8O3. The number of carbonyl (C=O) groups excluding carboxylic acids is 1. The molecule has 1 aliphatic carbocycles. The van der Waals surface area contributed by atoms with Crippen molar-refractivity contribution in [3.63, 3.8) is 0 Å². The van der Waals surface area contributed by atoms with Crippen molar-refractivity contribution < 1.29 is 14.4 Å². The molecule has 0 bridgehead atoms. The lowest BCUT2D eigenvalue weighted by molar-refractivity contribution is -0.129. The summed E-state index contributed by atoms with van der Waals surface area (Å²) in [7, 11) is 0. The Morgan fingerprint density at radius 1 is 1.18 bits per heavy atom. The third kappa shape index (κ3) is 4.26. The van der Waals surface area contributed by atoms with Crippen LogP contribution in [0.15, 0.2) is 10.7 Å². The molecule has 1 saturated carbocycles. The van der Waals surface area contributed by atoms with Crippen LogP contribution in [0, 0.1) is 0 Å². The molecule has 11 nitrogen and oxygen atoms in total.